The van der Waals surface area contributed by atoms with E-state index in [1.165, 1.54) is 5.56 Å². The maximum atomic E-state index is 5.02. The molecule has 5 heteroatoms. The quantitative estimate of drug-likeness (QED) is 0.720. The molecule has 0 radical (unpaired) electrons. The Morgan fingerprint density at radius 1 is 1.57 bits per heavy atom. The van der Waals surface area contributed by atoms with Crippen LogP contribution in [0.1, 0.15) is 12.5 Å². The number of rotatable bonds is 4. The molecule has 0 aliphatic heterocycles. The topological polar surface area (TPSA) is 41.9 Å². The minimum Gasteiger partial charge on any atom is -0.363 e. The van der Waals surface area contributed by atoms with E-state index in [0.717, 1.165) is 19.6 Å². The molecule has 0 aromatic carbocycles. The lowest BCUT2D eigenvalue weighted by molar-refractivity contribution is 0.601. The Kier molecular flexibility index (Phi) is 4.39. The van der Waals surface area contributed by atoms with Crippen LogP contribution in [0.15, 0.2) is 12.4 Å². The Bertz CT molecular complexity index is 295. The fraction of sp³-hybridized carbons (Fsp3) is 0.556. The second kappa shape index (κ2) is 5.59. The molecule has 1 rings (SSSR count). The first-order valence-electron chi connectivity index (χ1n) is 4.73. The number of aryl methyl sites for hydroxylation is 1. The van der Waals surface area contributed by atoms with Crippen molar-refractivity contribution in [3.63, 3.8) is 0 Å². The highest BCUT2D eigenvalue weighted by Crippen LogP contribution is 1.92. The van der Waals surface area contributed by atoms with Crippen molar-refractivity contribution in [3.05, 3.63) is 18.0 Å². The third-order valence-corrected chi connectivity index (χ3v) is 2.01. The van der Waals surface area contributed by atoms with Gasteiger partial charge in [0.05, 0.1) is 12.7 Å². The summed E-state index contributed by atoms with van der Waals surface area (Å²) in [5.74, 6) is 0. The molecule has 0 aliphatic rings. The zero-order valence-corrected chi connectivity index (χ0v) is 9.40. The maximum absolute atomic E-state index is 5.02. The summed E-state index contributed by atoms with van der Waals surface area (Å²) in [7, 11) is 0. The first-order chi connectivity index (χ1) is 6.72. The monoisotopic (exact) mass is 212 g/mol. The average Bonchev–Trinajstić information content (AvgIpc) is 2.52. The maximum Gasteiger partial charge on any atom is 0.166 e. The fourth-order valence-corrected chi connectivity index (χ4v) is 1.34. The first kappa shape index (κ1) is 11.0. The number of hydrogen-bond donors (Lipinski definition) is 2. The van der Waals surface area contributed by atoms with Crippen molar-refractivity contribution < 1.29 is 0 Å². The molecule has 14 heavy (non-hydrogen) atoms. The fourth-order valence-electron chi connectivity index (χ4n) is 1.10. The standard InChI is InChI=1S/C9H16N4S/c1-3-10-9(14)11-4-5-13-7-8(2)6-12-13/h6-7H,3-5H2,1-2H3,(H2,10,11,14). The van der Waals surface area contributed by atoms with Crippen LogP contribution < -0.4 is 10.6 Å². The molecule has 0 unspecified atom stereocenters. The van der Waals surface area contributed by atoms with Gasteiger partial charge < -0.3 is 10.6 Å². The van der Waals surface area contributed by atoms with E-state index in [1.807, 2.05) is 30.9 Å². The Morgan fingerprint density at radius 2 is 2.36 bits per heavy atom. The van der Waals surface area contributed by atoms with Crippen LogP contribution in [0, 0.1) is 6.92 Å². The van der Waals surface area contributed by atoms with Crippen molar-refractivity contribution in [1.82, 2.24) is 20.4 Å². The molecule has 0 atom stereocenters. The van der Waals surface area contributed by atoms with Gasteiger partial charge in [0.2, 0.25) is 0 Å². The minimum atomic E-state index is 0.705. The van der Waals surface area contributed by atoms with Gasteiger partial charge in [-0.2, -0.15) is 5.10 Å². The normalized spacial score (nSPS) is 9.86. The number of hydrogen-bond acceptors (Lipinski definition) is 2. The van der Waals surface area contributed by atoms with Gasteiger partial charge in [-0.15, -0.1) is 0 Å². The van der Waals surface area contributed by atoms with Gasteiger partial charge in [-0.05, 0) is 31.6 Å². The van der Waals surface area contributed by atoms with Crippen LogP contribution in [0.25, 0.3) is 0 Å². The molecular weight excluding hydrogens is 196 g/mol. The molecule has 0 bridgehead atoms. The lowest BCUT2D eigenvalue weighted by Gasteiger charge is -2.08. The second-order valence-electron chi connectivity index (χ2n) is 3.07. The third-order valence-electron chi connectivity index (χ3n) is 1.73. The SMILES string of the molecule is CCNC(=S)NCCn1cc(C)cn1. The largest absolute Gasteiger partial charge is 0.363 e. The first-order valence-corrected chi connectivity index (χ1v) is 5.14. The van der Waals surface area contributed by atoms with Gasteiger partial charge in [0.1, 0.15) is 0 Å². The van der Waals surface area contributed by atoms with Gasteiger partial charge in [-0.3, -0.25) is 4.68 Å². The van der Waals surface area contributed by atoms with E-state index < -0.39 is 0 Å². The van der Waals surface area contributed by atoms with Crippen LogP contribution in [-0.4, -0.2) is 28.0 Å². The van der Waals surface area contributed by atoms with Crippen LogP contribution >= 0.6 is 12.2 Å². The highest BCUT2D eigenvalue weighted by atomic mass is 32.1. The summed E-state index contributed by atoms with van der Waals surface area (Å²) in [5, 5.41) is 11.0. The van der Waals surface area contributed by atoms with E-state index in [1.54, 1.807) is 0 Å². The molecule has 0 spiro atoms. The molecule has 0 aliphatic carbocycles. The number of nitrogens with zero attached hydrogens (tertiary/aromatic N) is 2. The number of thiocarbonyl (C=S) groups is 1. The zero-order valence-electron chi connectivity index (χ0n) is 8.58. The van der Waals surface area contributed by atoms with Crippen LogP contribution in [0.2, 0.25) is 0 Å². The van der Waals surface area contributed by atoms with E-state index in [4.69, 9.17) is 12.2 Å². The van der Waals surface area contributed by atoms with E-state index in [-0.39, 0.29) is 0 Å². The molecule has 1 aromatic rings. The molecule has 0 saturated heterocycles. The van der Waals surface area contributed by atoms with E-state index in [2.05, 4.69) is 15.7 Å². The Hall–Kier alpha value is -1.10. The summed E-state index contributed by atoms with van der Waals surface area (Å²) in [6, 6.07) is 0. The summed E-state index contributed by atoms with van der Waals surface area (Å²) in [5.41, 5.74) is 1.18. The Balaban J connectivity index is 2.18. The molecule has 1 aromatic heterocycles. The summed E-state index contributed by atoms with van der Waals surface area (Å²) in [4.78, 5) is 0. The van der Waals surface area contributed by atoms with Crippen molar-refractivity contribution in [2.24, 2.45) is 0 Å². The molecule has 1 heterocycles. The lowest BCUT2D eigenvalue weighted by Crippen LogP contribution is -2.36. The molecule has 0 fully saturated rings. The number of aromatic nitrogens is 2. The van der Waals surface area contributed by atoms with Crippen molar-refractivity contribution in [3.8, 4) is 0 Å². The molecule has 4 nitrogen and oxygen atoms in total. The smallest absolute Gasteiger partial charge is 0.166 e. The summed E-state index contributed by atoms with van der Waals surface area (Å²) in [6.45, 7) is 6.53. The Labute approximate surface area is 89.7 Å². The van der Waals surface area contributed by atoms with Gasteiger partial charge in [0.15, 0.2) is 5.11 Å². The van der Waals surface area contributed by atoms with Crippen LogP contribution in [0.3, 0.4) is 0 Å². The Morgan fingerprint density at radius 3 is 2.93 bits per heavy atom. The van der Waals surface area contributed by atoms with Gasteiger partial charge in [-0.1, -0.05) is 0 Å². The van der Waals surface area contributed by atoms with Gasteiger partial charge >= 0.3 is 0 Å². The highest BCUT2D eigenvalue weighted by molar-refractivity contribution is 7.80. The molecule has 2 N–H and O–H groups in total. The highest BCUT2D eigenvalue weighted by Gasteiger charge is 1.94. The van der Waals surface area contributed by atoms with E-state index >= 15 is 0 Å². The van der Waals surface area contributed by atoms with Gasteiger partial charge in [0.25, 0.3) is 0 Å². The summed E-state index contributed by atoms with van der Waals surface area (Å²) >= 11 is 5.02. The third kappa shape index (κ3) is 3.74. The van der Waals surface area contributed by atoms with Crippen molar-refractivity contribution in [2.75, 3.05) is 13.1 Å². The van der Waals surface area contributed by atoms with E-state index in [0.29, 0.717) is 5.11 Å². The molecule has 78 valence electrons. The van der Waals surface area contributed by atoms with Crippen LogP contribution in [-0.2, 0) is 6.54 Å². The van der Waals surface area contributed by atoms with Crippen molar-refractivity contribution in [2.45, 2.75) is 20.4 Å². The second-order valence-corrected chi connectivity index (χ2v) is 3.48. The summed E-state index contributed by atoms with van der Waals surface area (Å²) < 4.78 is 1.90. The molecule has 0 amide bonds. The van der Waals surface area contributed by atoms with Gasteiger partial charge in [-0.25, -0.2) is 0 Å². The molecule has 0 saturated carbocycles. The van der Waals surface area contributed by atoms with E-state index in [9.17, 15) is 0 Å². The van der Waals surface area contributed by atoms with Crippen molar-refractivity contribution in [1.29, 1.82) is 0 Å². The summed E-state index contributed by atoms with van der Waals surface area (Å²) in [6.07, 6.45) is 3.86. The van der Waals surface area contributed by atoms with Crippen LogP contribution in [0.4, 0.5) is 0 Å². The van der Waals surface area contributed by atoms with Crippen LogP contribution in [0.5, 0.6) is 0 Å². The number of nitrogens with one attached hydrogen (secondary N) is 2. The molecular formula is C9H16N4S. The predicted octanol–water partition coefficient (Wildman–Crippen LogP) is 0.676. The average molecular weight is 212 g/mol. The minimum absolute atomic E-state index is 0.705. The predicted molar refractivity (Wildman–Crippen MR) is 61.2 cm³/mol. The van der Waals surface area contributed by atoms with Gasteiger partial charge in [0, 0.05) is 19.3 Å². The van der Waals surface area contributed by atoms with Crippen molar-refractivity contribution >= 4 is 17.3 Å². The lowest BCUT2D eigenvalue weighted by atomic mass is 10.4. The zero-order chi connectivity index (χ0) is 10.4.